The van der Waals surface area contributed by atoms with E-state index in [-0.39, 0.29) is 18.0 Å². The van der Waals surface area contributed by atoms with Gasteiger partial charge < -0.3 is 4.90 Å². The van der Waals surface area contributed by atoms with E-state index in [1.54, 1.807) is 4.31 Å². The Balaban J connectivity index is 2.00. The monoisotopic (exact) mass is 379 g/mol. The maximum Gasteiger partial charge on any atom is 0.282 e. The fourth-order valence-corrected chi connectivity index (χ4v) is 6.67. The molecule has 2 heterocycles. The van der Waals surface area contributed by atoms with Crippen molar-refractivity contribution < 1.29 is 8.42 Å². The Hall–Kier alpha value is -0.950. The predicted octanol–water partition coefficient (Wildman–Crippen LogP) is 2.92. The van der Waals surface area contributed by atoms with E-state index in [9.17, 15) is 8.42 Å². The van der Waals surface area contributed by atoms with Crippen LogP contribution in [0.25, 0.3) is 0 Å². The van der Waals surface area contributed by atoms with E-state index in [4.69, 9.17) is 0 Å². The van der Waals surface area contributed by atoms with Crippen LogP contribution in [0.2, 0.25) is 0 Å². The van der Waals surface area contributed by atoms with Gasteiger partial charge in [0.15, 0.2) is 0 Å². The molecule has 0 N–H and O–H groups in total. The van der Waals surface area contributed by atoms with E-state index in [0.717, 1.165) is 19.4 Å². The van der Waals surface area contributed by atoms with Gasteiger partial charge in [0.05, 0.1) is 0 Å². The van der Waals surface area contributed by atoms with Crippen molar-refractivity contribution in [2.75, 3.05) is 33.2 Å². The van der Waals surface area contributed by atoms with Crippen LogP contribution in [0.1, 0.15) is 51.0 Å². The minimum absolute atomic E-state index is 0.0658. The molecule has 0 aromatic heterocycles. The van der Waals surface area contributed by atoms with Crippen molar-refractivity contribution in [3.63, 3.8) is 0 Å². The molecule has 3 rings (SSSR count). The van der Waals surface area contributed by atoms with Gasteiger partial charge in [-0.05, 0) is 32.0 Å². The zero-order chi connectivity index (χ0) is 18.7. The number of likely N-dealkylation sites (tertiary alicyclic amines) is 1. The molecule has 2 aliphatic heterocycles. The highest BCUT2D eigenvalue weighted by Crippen LogP contribution is 2.40. The first-order valence-electron chi connectivity index (χ1n) is 10.0. The van der Waals surface area contributed by atoms with Crippen molar-refractivity contribution in [2.45, 2.75) is 57.5 Å². The van der Waals surface area contributed by atoms with E-state index in [1.807, 2.05) is 24.2 Å². The Morgan fingerprint density at radius 1 is 1.08 bits per heavy atom. The number of likely N-dealkylation sites (N-methyl/N-ethyl adjacent to an activating group) is 1. The SMILES string of the molecule is CCN(CC)S(=O)(=O)N1C[C@@H](c2ccccc2)[C@H]2[C@H]1CCCCCN2C. The van der Waals surface area contributed by atoms with Crippen molar-refractivity contribution in [2.24, 2.45) is 0 Å². The van der Waals surface area contributed by atoms with Crippen LogP contribution in [-0.4, -0.2) is 67.2 Å². The van der Waals surface area contributed by atoms with Crippen LogP contribution < -0.4 is 0 Å². The average molecular weight is 380 g/mol. The summed E-state index contributed by atoms with van der Waals surface area (Å²) >= 11 is 0. The third kappa shape index (κ3) is 3.70. The molecular weight excluding hydrogens is 346 g/mol. The molecule has 146 valence electrons. The lowest BCUT2D eigenvalue weighted by molar-refractivity contribution is 0.164. The Kier molecular flexibility index (Phi) is 6.38. The first-order chi connectivity index (χ1) is 12.5. The second-order valence-electron chi connectivity index (χ2n) is 7.57. The number of rotatable bonds is 5. The summed E-state index contributed by atoms with van der Waals surface area (Å²) in [7, 11) is -1.25. The number of benzene rings is 1. The zero-order valence-corrected chi connectivity index (χ0v) is 17.2. The summed E-state index contributed by atoms with van der Waals surface area (Å²) in [5.74, 6) is 0.231. The highest BCUT2D eigenvalue weighted by molar-refractivity contribution is 7.86. The number of fused-ring (bicyclic) bond motifs is 1. The Morgan fingerprint density at radius 3 is 2.42 bits per heavy atom. The van der Waals surface area contributed by atoms with E-state index in [2.05, 4.69) is 36.2 Å². The minimum atomic E-state index is -3.42. The number of nitrogens with zero attached hydrogens (tertiary/aromatic N) is 3. The quantitative estimate of drug-likeness (QED) is 0.790. The molecule has 0 aliphatic carbocycles. The molecule has 0 radical (unpaired) electrons. The molecule has 0 spiro atoms. The normalized spacial score (nSPS) is 28.7. The lowest BCUT2D eigenvalue weighted by Gasteiger charge is -2.37. The number of hydrogen-bond acceptors (Lipinski definition) is 3. The molecule has 6 heteroatoms. The Morgan fingerprint density at radius 2 is 1.77 bits per heavy atom. The molecule has 3 atom stereocenters. The largest absolute Gasteiger partial charge is 0.301 e. The summed E-state index contributed by atoms with van der Waals surface area (Å²) in [5, 5.41) is 0. The van der Waals surface area contributed by atoms with Crippen LogP contribution in [-0.2, 0) is 10.2 Å². The lowest BCUT2D eigenvalue weighted by atomic mass is 9.87. The molecule has 1 aromatic rings. The van der Waals surface area contributed by atoms with E-state index >= 15 is 0 Å². The molecule has 2 aliphatic rings. The first-order valence-corrected chi connectivity index (χ1v) is 11.4. The topological polar surface area (TPSA) is 43.9 Å². The smallest absolute Gasteiger partial charge is 0.282 e. The highest BCUT2D eigenvalue weighted by atomic mass is 32.2. The molecular formula is C20H33N3O2S. The second kappa shape index (κ2) is 8.38. The first kappa shape index (κ1) is 19.8. The van der Waals surface area contributed by atoms with Crippen LogP contribution in [0.4, 0.5) is 0 Å². The van der Waals surface area contributed by atoms with Crippen molar-refractivity contribution in [1.82, 2.24) is 13.5 Å². The summed E-state index contributed by atoms with van der Waals surface area (Å²) in [5.41, 5.74) is 1.26. The maximum atomic E-state index is 13.4. The molecule has 0 unspecified atom stereocenters. The Labute approximate surface area is 159 Å². The van der Waals surface area contributed by atoms with Crippen LogP contribution >= 0.6 is 0 Å². The molecule has 1 aromatic carbocycles. The van der Waals surface area contributed by atoms with E-state index in [1.165, 1.54) is 18.4 Å². The maximum absolute atomic E-state index is 13.4. The van der Waals surface area contributed by atoms with Gasteiger partial charge in [-0.2, -0.15) is 17.0 Å². The van der Waals surface area contributed by atoms with Gasteiger partial charge in [-0.1, -0.05) is 57.0 Å². The molecule has 26 heavy (non-hydrogen) atoms. The van der Waals surface area contributed by atoms with Gasteiger partial charge >= 0.3 is 0 Å². The summed E-state index contributed by atoms with van der Waals surface area (Å²) in [6, 6.07) is 10.8. The molecule has 2 saturated heterocycles. The van der Waals surface area contributed by atoms with Crippen molar-refractivity contribution in [1.29, 1.82) is 0 Å². The lowest BCUT2D eigenvalue weighted by Crippen LogP contribution is -2.51. The zero-order valence-electron chi connectivity index (χ0n) is 16.3. The van der Waals surface area contributed by atoms with Crippen molar-refractivity contribution in [3.05, 3.63) is 35.9 Å². The minimum Gasteiger partial charge on any atom is -0.301 e. The van der Waals surface area contributed by atoms with Crippen LogP contribution in [0.5, 0.6) is 0 Å². The fraction of sp³-hybridized carbons (Fsp3) is 0.700. The molecule has 2 fully saturated rings. The molecule has 0 saturated carbocycles. The van der Waals surface area contributed by atoms with Gasteiger partial charge in [0, 0.05) is 37.6 Å². The third-order valence-electron chi connectivity index (χ3n) is 6.13. The van der Waals surface area contributed by atoms with E-state index in [0.29, 0.717) is 19.6 Å². The second-order valence-corrected chi connectivity index (χ2v) is 9.45. The standard InChI is InChI=1S/C20H33N3O2S/c1-4-22(5-2)26(24,25)23-16-18(17-12-8-6-9-13-17)20-19(23)14-10-7-11-15-21(20)3/h6,8-9,12-13,18-20H,4-5,7,10-11,14-16H2,1-3H3/t18-,19+,20-/m0/s1. The summed E-state index contributed by atoms with van der Waals surface area (Å²) in [6.45, 7) is 6.53. The summed E-state index contributed by atoms with van der Waals surface area (Å²) in [6.07, 6.45) is 4.45. The van der Waals surface area contributed by atoms with Crippen LogP contribution in [0.15, 0.2) is 30.3 Å². The van der Waals surface area contributed by atoms with Gasteiger partial charge in [0.1, 0.15) is 0 Å². The highest BCUT2D eigenvalue weighted by Gasteiger charge is 2.49. The van der Waals surface area contributed by atoms with E-state index < -0.39 is 10.2 Å². The van der Waals surface area contributed by atoms with Gasteiger partial charge in [0.2, 0.25) is 0 Å². The summed E-state index contributed by atoms with van der Waals surface area (Å²) in [4.78, 5) is 2.42. The van der Waals surface area contributed by atoms with Crippen LogP contribution in [0, 0.1) is 0 Å². The van der Waals surface area contributed by atoms with Gasteiger partial charge in [-0.3, -0.25) is 0 Å². The van der Waals surface area contributed by atoms with Gasteiger partial charge in [0.25, 0.3) is 10.2 Å². The Bertz CT molecular complexity index is 676. The predicted molar refractivity (Wildman–Crippen MR) is 106 cm³/mol. The summed E-state index contributed by atoms with van der Waals surface area (Å²) < 4.78 is 30.2. The third-order valence-corrected chi connectivity index (χ3v) is 8.31. The molecule has 0 bridgehead atoms. The van der Waals surface area contributed by atoms with Gasteiger partial charge in [-0.25, -0.2) is 0 Å². The van der Waals surface area contributed by atoms with Crippen LogP contribution in [0.3, 0.4) is 0 Å². The average Bonchev–Trinajstić information content (AvgIpc) is 3.01. The van der Waals surface area contributed by atoms with Gasteiger partial charge in [-0.15, -0.1) is 0 Å². The molecule has 0 amide bonds. The fourth-order valence-electron chi connectivity index (χ4n) is 4.80. The number of hydrogen-bond donors (Lipinski definition) is 0. The van der Waals surface area contributed by atoms with Crippen molar-refractivity contribution >= 4 is 10.2 Å². The molecule has 5 nitrogen and oxygen atoms in total. The van der Waals surface area contributed by atoms with Crippen molar-refractivity contribution in [3.8, 4) is 0 Å².